The molecule has 0 radical (unpaired) electrons. The van der Waals surface area contributed by atoms with Crippen LogP contribution < -0.4 is 10.1 Å². The second-order valence-corrected chi connectivity index (χ2v) is 6.29. The molecule has 0 aliphatic rings. The number of rotatable bonds is 6. The predicted octanol–water partition coefficient (Wildman–Crippen LogP) is 2.98. The van der Waals surface area contributed by atoms with Crippen molar-refractivity contribution in [1.82, 2.24) is 10.2 Å². The number of anilines is 1. The van der Waals surface area contributed by atoms with Crippen LogP contribution in [0.5, 0.6) is 5.75 Å². The van der Waals surface area contributed by atoms with E-state index < -0.39 is 0 Å². The highest BCUT2D eigenvalue weighted by molar-refractivity contribution is 8.01. The molecule has 0 spiro atoms. The minimum atomic E-state index is -0.0727. The zero-order valence-corrected chi connectivity index (χ0v) is 12.9. The van der Waals surface area contributed by atoms with E-state index in [2.05, 4.69) is 15.5 Å². The fourth-order valence-corrected chi connectivity index (χ4v) is 3.11. The average Bonchev–Trinajstić information content (AvgIpc) is 2.83. The summed E-state index contributed by atoms with van der Waals surface area (Å²) in [5.74, 6) is 0.988. The molecule has 1 N–H and O–H groups in total. The van der Waals surface area contributed by atoms with Gasteiger partial charge in [0.05, 0.1) is 12.4 Å². The molecule has 1 aromatic carbocycles. The summed E-state index contributed by atoms with van der Waals surface area (Å²) in [4.78, 5) is 11.8. The monoisotopic (exact) mass is 309 g/mol. The van der Waals surface area contributed by atoms with Gasteiger partial charge in [-0.05, 0) is 26.0 Å². The fourth-order valence-electron chi connectivity index (χ4n) is 1.49. The normalized spacial score (nSPS) is 10.3. The minimum absolute atomic E-state index is 0.0727. The number of nitrogens with zero attached hydrogens (tertiary/aromatic N) is 2. The lowest BCUT2D eigenvalue weighted by molar-refractivity contribution is -0.113. The summed E-state index contributed by atoms with van der Waals surface area (Å²) >= 11 is 2.87. The number of aryl methyl sites for hydroxylation is 1. The van der Waals surface area contributed by atoms with Crippen LogP contribution in [-0.4, -0.2) is 28.5 Å². The van der Waals surface area contributed by atoms with E-state index in [0.717, 1.165) is 20.8 Å². The van der Waals surface area contributed by atoms with Crippen molar-refractivity contribution in [3.05, 3.63) is 29.3 Å². The number of thioether (sulfide) groups is 1. The van der Waals surface area contributed by atoms with Gasteiger partial charge >= 0.3 is 0 Å². The molecule has 1 heterocycles. The maximum absolute atomic E-state index is 11.8. The van der Waals surface area contributed by atoms with Crippen LogP contribution in [0.2, 0.25) is 0 Å². The van der Waals surface area contributed by atoms with Crippen molar-refractivity contribution in [2.24, 2.45) is 0 Å². The van der Waals surface area contributed by atoms with Crippen LogP contribution in [0.25, 0.3) is 0 Å². The van der Waals surface area contributed by atoms with Gasteiger partial charge in [-0.1, -0.05) is 29.2 Å². The summed E-state index contributed by atoms with van der Waals surface area (Å²) < 4.78 is 6.19. The molecule has 20 heavy (non-hydrogen) atoms. The van der Waals surface area contributed by atoms with Gasteiger partial charge in [0, 0.05) is 11.8 Å². The summed E-state index contributed by atoms with van der Waals surface area (Å²) in [7, 11) is 0. The van der Waals surface area contributed by atoms with Gasteiger partial charge in [0.25, 0.3) is 0 Å². The highest BCUT2D eigenvalue weighted by Crippen LogP contribution is 2.22. The summed E-state index contributed by atoms with van der Waals surface area (Å²) in [6.45, 7) is 4.41. The van der Waals surface area contributed by atoms with E-state index in [4.69, 9.17) is 4.74 Å². The first-order chi connectivity index (χ1) is 9.67. The Bertz CT molecular complexity index is 587. The van der Waals surface area contributed by atoms with Crippen molar-refractivity contribution in [2.45, 2.75) is 18.2 Å². The number of nitrogens with one attached hydrogen (secondary N) is 1. The Morgan fingerprint density at radius 3 is 3.00 bits per heavy atom. The molecule has 0 saturated heterocycles. The number of hydrogen-bond donors (Lipinski definition) is 1. The fraction of sp³-hybridized carbons (Fsp3) is 0.308. The molecule has 5 nitrogen and oxygen atoms in total. The number of hydrogen-bond acceptors (Lipinski definition) is 6. The van der Waals surface area contributed by atoms with Crippen LogP contribution in [0.15, 0.2) is 28.6 Å². The number of carbonyl (C=O) groups excluding carboxylic acids is 1. The van der Waals surface area contributed by atoms with Crippen LogP contribution in [0.3, 0.4) is 0 Å². The SMILES string of the molecule is CCOc1cccc(NC(=O)CSc2nnc(C)s2)c1. The zero-order valence-electron chi connectivity index (χ0n) is 11.3. The maximum Gasteiger partial charge on any atom is 0.234 e. The molecule has 0 bridgehead atoms. The molecule has 0 aliphatic carbocycles. The second-order valence-electron chi connectivity index (χ2n) is 3.88. The maximum atomic E-state index is 11.8. The van der Waals surface area contributed by atoms with Gasteiger partial charge in [-0.2, -0.15) is 0 Å². The molecule has 2 aromatic rings. The number of ether oxygens (including phenoxy) is 1. The van der Waals surface area contributed by atoms with Gasteiger partial charge in [0.1, 0.15) is 10.8 Å². The third-order valence-corrected chi connectivity index (χ3v) is 4.24. The Labute approximate surface area is 125 Å². The molecular formula is C13H15N3O2S2. The lowest BCUT2D eigenvalue weighted by atomic mass is 10.3. The van der Waals surface area contributed by atoms with Gasteiger partial charge in [-0.3, -0.25) is 4.79 Å². The summed E-state index contributed by atoms with van der Waals surface area (Å²) in [5.41, 5.74) is 0.731. The first-order valence-electron chi connectivity index (χ1n) is 6.13. The van der Waals surface area contributed by atoms with E-state index in [0.29, 0.717) is 12.4 Å². The molecular weight excluding hydrogens is 294 g/mol. The van der Waals surface area contributed by atoms with E-state index in [-0.39, 0.29) is 5.91 Å². The Morgan fingerprint density at radius 2 is 2.30 bits per heavy atom. The topological polar surface area (TPSA) is 64.1 Å². The first-order valence-corrected chi connectivity index (χ1v) is 7.93. The molecule has 1 aromatic heterocycles. The van der Waals surface area contributed by atoms with Crippen molar-refractivity contribution < 1.29 is 9.53 Å². The molecule has 0 saturated carbocycles. The van der Waals surface area contributed by atoms with E-state index in [9.17, 15) is 4.79 Å². The highest BCUT2D eigenvalue weighted by Gasteiger charge is 2.07. The van der Waals surface area contributed by atoms with E-state index in [1.165, 1.54) is 23.1 Å². The van der Waals surface area contributed by atoms with Crippen molar-refractivity contribution >= 4 is 34.7 Å². The van der Waals surface area contributed by atoms with Crippen molar-refractivity contribution in [2.75, 3.05) is 17.7 Å². The quantitative estimate of drug-likeness (QED) is 0.831. The molecule has 2 rings (SSSR count). The standard InChI is InChI=1S/C13H15N3O2S2/c1-3-18-11-6-4-5-10(7-11)14-12(17)8-19-13-16-15-9(2)20-13/h4-7H,3,8H2,1-2H3,(H,14,17). The summed E-state index contributed by atoms with van der Waals surface area (Å²) in [5, 5.41) is 11.6. The lowest BCUT2D eigenvalue weighted by Crippen LogP contribution is -2.13. The van der Waals surface area contributed by atoms with Gasteiger partial charge in [-0.15, -0.1) is 10.2 Å². The third kappa shape index (κ3) is 4.50. The molecule has 1 amide bonds. The van der Waals surface area contributed by atoms with Gasteiger partial charge in [0.15, 0.2) is 4.34 Å². The van der Waals surface area contributed by atoms with E-state index >= 15 is 0 Å². The van der Waals surface area contributed by atoms with Crippen molar-refractivity contribution in [3.63, 3.8) is 0 Å². The van der Waals surface area contributed by atoms with Crippen LogP contribution in [0.4, 0.5) is 5.69 Å². The summed E-state index contributed by atoms with van der Waals surface area (Å²) in [6.07, 6.45) is 0. The Kier molecular flexibility index (Phi) is 5.37. The molecule has 0 aliphatic heterocycles. The number of aromatic nitrogens is 2. The van der Waals surface area contributed by atoms with E-state index in [1.54, 1.807) is 6.07 Å². The van der Waals surface area contributed by atoms with Gasteiger partial charge < -0.3 is 10.1 Å². The van der Waals surface area contributed by atoms with Gasteiger partial charge in [-0.25, -0.2) is 0 Å². The lowest BCUT2D eigenvalue weighted by Gasteiger charge is -2.07. The molecule has 7 heteroatoms. The molecule has 0 fully saturated rings. The number of amides is 1. The van der Waals surface area contributed by atoms with Crippen LogP contribution in [0, 0.1) is 6.92 Å². The molecule has 106 valence electrons. The predicted molar refractivity (Wildman–Crippen MR) is 81.6 cm³/mol. The first kappa shape index (κ1) is 14.8. The Morgan fingerprint density at radius 1 is 1.45 bits per heavy atom. The van der Waals surface area contributed by atoms with Crippen molar-refractivity contribution in [1.29, 1.82) is 0 Å². The number of carbonyl (C=O) groups is 1. The Balaban J connectivity index is 1.86. The molecule has 0 atom stereocenters. The van der Waals surface area contributed by atoms with Crippen molar-refractivity contribution in [3.8, 4) is 5.75 Å². The third-order valence-electron chi connectivity index (χ3n) is 2.26. The van der Waals surface area contributed by atoms with Crippen LogP contribution in [-0.2, 0) is 4.79 Å². The second kappa shape index (κ2) is 7.25. The largest absolute Gasteiger partial charge is 0.494 e. The van der Waals surface area contributed by atoms with Gasteiger partial charge in [0.2, 0.25) is 5.91 Å². The number of benzene rings is 1. The minimum Gasteiger partial charge on any atom is -0.494 e. The van der Waals surface area contributed by atoms with Crippen LogP contribution in [0.1, 0.15) is 11.9 Å². The Hall–Kier alpha value is -1.60. The van der Waals surface area contributed by atoms with E-state index in [1.807, 2.05) is 32.0 Å². The van der Waals surface area contributed by atoms with Crippen LogP contribution >= 0.6 is 23.1 Å². The molecule has 0 unspecified atom stereocenters. The zero-order chi connectivity index (χ0) is 14.4. The highest BCUT2D eigenvalue weighted by atomic mass is 32.2. The smallest absolute Gasteiger partial charge is 0.234 e. The summed E-state index contributed by atoms with van der Waals surface area (Å²) in [6, 6.07) is 7.35. The average molecular weight is 309 g/mol.